The molecule has 0 radical (unpaired) electrons. The smallest absolute Gasteiger partial charge is 0.114 e. The van der Waals surface area contributed by atoms with Gasteiger partial charge in [0, 0.05) is 12.0 Å². The zero-order valence-corrected chi connectivity index (χ0v) is 12.3. The summed E-state index contributed by atoms with van der Waals surface area (Å²) in [5.41, 5.74) is 9.70. The molecule has 3 N–H and O–H groups in total. The largest absolute Gasteiger partial charge is 0.342 e. The Morgan fingerprint density at radius 1 is 1.25 bits per heavy atom. The molecule has 0 atom stereocenters. The van der Waals surface area contributed by atoms with Crippen molar-refractivity contribution in [3.8, 4) is 11.3 Å². The Labute approximate surface area is 120 Å². The number of rotatable bonds is 4. The van der Waals surface area contributed by atoms with Crippen LogP contribution in [0.1, 0.15) is 50.4 Å². The molecule has 1 aromatic heterocycles. The van der Waals surface area contributed by atoms with E-state index in [1.165, 1.54) is 17.5 Å². The lowest BCUT2D eigenvalue weighted by Crippen LogP contribution is -2.42. The van der Waals surface area contributed by atoms with E-state index < -0.39 is 0 Å². The van der Waals surface area contributed by atoms with E-state index >= 15 is 0 Å². The number of hydrogen-bond donors (Lipinski definition) is 2. The second-order valence-corrected chi connectivity index (χ2v) is 6.26. The number of benzene rings is 1. The van der Waals surface area contributed by atoms with Crippen LogP contribution in [0.3, 0.4) is 0 Å². The second kappa shape index (κ2) is 5.06. The Morgan fingerprint density at radius 2 is 1.95 bits per heavy atom. The van der Waals surface area contributed by atoms with Gasteiger partial charge in [-0.25, -0.2) is 4.98 Å². The zero-order valence-electron chi connectivity index (χ0n) is 12.3. The minimum atomic E-state index is 0.107. The van der Waals surface area contributed by atoms with Crippen LogP contribution in [0.15, 0.2) is 30.5 Å². The Hall–Kier alpha value is -1.61. The minimum Gasteiger partial charge on any atom is -0.342 e. The van der Waals surface area contributed by atoms with Gasteiger partial charge in [0.15, 0.2) is 0 Å². The summed E-state index contributed by atoms with van der Waals surface area (Å²) in [5, 5.41) is 0. The third-order valence-electron chi connectivity index (χ3n) is 4.67. The van der Waals surface area contributed by atoms with Gasteiger partial charge in [-0.2, -0.15) is 0 Å². The van der Waals surface area contributed by atoms with Crippen LogP contribution in [0, 0.1) is 0 Å². The topological polar surface area (TPSA) is 54.7 Å². The lowest BCUT2D eigenvalue weighted by molar-refractivity contribution is 0.240. The molecule has 0 spiro atoms. The van der Waals surface area contributed by atoms with Gasteiger partial charge in [-0.15, -0.1) is 0 Å². The maximum absolute atomic E-state index is 5.94. The first-order valence-electron chi connectivity index (χ1n) is 7.50. The number of nitrogens with two attached hydrogens (primary N) is 1. The molecule has 106 valence electrons. The highest BCUT2D eigenvalue weighted by Crippen LogP contribution is 2.41. The Bertz CT molecular complexity index is 571. The van der Waals surface area contributed by atoms with Gasteiger partial charge in [0.1, 0.15) is 5.82 Å². The SMILES string of the molecule is CC(C)c1ccc(-c2cnc(C3(CN)CCC3)[nH]2)cc1. The van der Waals surface area contributed by atoms with Crippen LogP contribution in [0.4, 0.5) is 0 Å². The maximum atomic E-state index is 5.94. The summed E-state index contributed by atoms with van der Waals surface area (Å²) in [5.74, 6) is 1.63. The predicted octanol–water partition coefficient (Wildman–Crippen LogP) is 3.58. The molecule has 0 aliphatic heterocycles. The third-order valence-corrected chi connectivity index (χ3v) is 4.67. The summed E-state index contributed by atoms with van der Waals surface area (Å²) in [6.07, 6.45) is 5.51. The van der Waals surface area contributed by atoms with Crippen LogP contribution in [0.5, 0.6) is 0 Å². The first-order valence-corrected chi connectivity index (χ1v) is 7.50. The normalized spacial score (nSPS) is 17.2. The van der Waals surface area contributed by atoms with Crippen LogP contribution in [-0.2, 0) is 5.41 Å². The summed E-state index contributed by atoms with van der Waals surface area (Å²) in [4.78, 5) is 8.06. The van der Waals surface area contributed by atoms with E-state index in [1.807, 2.05) is 6.20 Å². The number of nitrogens with one attached hydrogen (secondary N) is 1. The summed E-state index contributed by atoms with van der Waals surface area (Å²) < 4.78 is 0. The van der Waals surface area contributed by atoms with Gasteiger partial charge in [0.25, 0.3) is 0 Å². The van der Waals surface area contributed by atoms with Crippen molar-refractivity contribution in [1.82, 2.24) is 9.97 Å². The fraction of sp³-hybridized carbons (Fsp3) is 0.471. The standard InChI is InChI=1S/C17H23N3/c1-12(2)13-4-6-14(7-5-13)15-10-19-16(20-15)17(11-18)8-3-9-17/h4-7,10,12H,3,8-9,11,18H2,1-2H3,(H,19,20). The monoisotopic (exact) mass is 269 g/mol. The fourth-order valence-corrected chi connectivity index (χ4v) is 2.93. The van der Waals surface area contributed by atoms with Crippen LogP contribution in [-0.4, -0.2) is 16.5 Å². The fourth-order valence-electron chi connectivity index (χ4n) is 2.93. The second-order valence-electron chi connectivity index (χ2n) is 6.26. The molecule has 1 aliphatic rings. The summed E-state index contributed by atoms with van der Waals surface area (Å²) in [7, 11) is 0. The molecular weight excluding hydrogens is 246 g/mol. The molecule has 1 aliphatic carbocycles. The Morgan fingerprint density at radius 3 is 2.45 bits per heavy atom. The highest BCUT2D eigenvalue weighted by molar-refractivity contribution is 5.59. The predicted molar refractivity (Wildman–Crippen MR) is 82.7 cm³/mol. The highest BCUT2D eigenvalue weighted by Gasteiger charge is 2.39. The van der Waals surface area contributed by atoms with Crippen molar-refractivity contribution in [3.63, 3.8) is 0 Å². The van der Waals surface area contributed by atoms with Crippen molar-refractivity contribution < 1.29 is 0 Å². The molecule has 1 aromatic carbocycles. The summed E-state index contributed by atoms with van der Waals surface area (Å²) in [6.45, 7) is 5.11. The van der Waals surface area contributed by atoms with Gasteiger partial charge in [-0.05, 0) is 29.9 Å². The van der Waals surface area contributed by atoms with Crippen LogP contribution in [0.25, 0.3) is 11.3 Å². The molecule has 1 saturated carbocycles. The first-order chi connectivity index (χ1) is 9.64. The van der Waals surface area contributed by atoms with Crippen molar-refractivity contribution >= 4 is 0 Å². The minimum absolute atomic E-state index is 0.107. The number of hydrogen-bond acceptors (Lipinski definition) is 2. The molecule has 3 nitrogen and oxygen atoms in total. The van der Waals surface area contributed by atoms with Crippen molar-refractivity contribution in [1.29, 1.82) is 0 Å². The molecule has 0 unspecified atom stereocenters. The van der Waals surface area contributed by atoms with Crippen LogP contribution in [0.2, 0.25) is 0 Å². The number of H-pyrrole nitrogens is 1. The molecular formula is C17H23N3. The van der Waals surface area contributed by atoms with E-state index in [-0.39, 0.29) is 5.41 Å². The number of imidazole rings is 1. The Kier molecular flexibility index (Phi) is 3.38. The maximum Gasteiger partial charge on any atom is 0.114 e. The van der Waals surface area contributed by atoms with Gasteiger partial charge in [0.05, 0.1) is 11.9 Å². The van der Waals surface area contributed by atoms with E-state index in [2.05, 4.69) is 48.1 Å². The van der Waals surface area contributed by atoms with Gasteiger partial charge >= 0.3 is 0 Å². The average Bonchev–Trinajstić information content (AvgIpc) is 2.88. The van der Waals surface area contributed by atoms with E-state index in [1.54, 1.807) is 0 Å². The number of aromatic nitrogens is 2. The lowest BCUT2D eigenvalue weighted by atomic mass is 9.68. The van der Waals surface area contributed by atoms with Gasteiger partial charge in [0.2, 0.25) is 0 Å². The van der Waals surface area contributed by atoms with E-state index in [0.717, 1.165) is 24.4 Å². The number of nitrogens with zero attached hydrogens (tertiary/aromatic N) is 1. The molecule has 2 aromatic rings. The van der Waals surface area contributed by atoms with Crippen molar-refractivity contribution in [2.75, 3.05) is 6.54 Å². The summed E-state index contributed by atoms with van der Waals surface area (Å²) in [6, 6.07) is 8.73. The average molecular weight is 269 g/mol. The number of aromatic amines is 1. The van der Waals surface area contributed by atoms with Crippen LogP contribution >= 0.6 is 0 Å². The molecule has 3 heteroatoms. The first kappa shape index (κ1) is 13.4. The molecule has 1 heterocycles. The van der Waals surface area contributed by atoms with Crippen molar-refractivity contribution in [2.45, 2.75) is 44.4 Å². The van der Waals surface area contributed by atoms with Crippen molar-refractivity contribution in [2.24, 2.45) is 5.73 Å². The van der Waals surface area contributed by atoms with E-state index in [4.69, 9.17) is 5.73 Å². The molecule has 20 heavy (non-hydrogen) atoms. The van der Waals surface area contributed by atoms with Gasteiger partial charge < -0.3 is 10.7 Å². The van der Waals surface area contributed by atoms with Crippen molar-refractivity contribution in [3.05, 3.63) is 41.9 Å². The molecule has 1 fully saturated rings. The third kappa shape index (κ3) is 2.16. The van der Waals surface area contributed by atoms with E-state index in [0.29, 0.717) is 12.5 Å². The van der Waals surface area contributed by atoms with Gasteiger partial charge in [-0.1, -0.05) is 44.5 Å². The summed E-state index contributed by atoms with van der Waals surface area (Å²) >= 11 is 0. The molecule has 3 rings (SSSR count). The molecule has 0 saturated heterocycles. The van der Waals surface area contributed by atoms with E-state index in [9.17, 15) is 0 Å². The quantitative estimate of drug-likeness (QED) is 0.891. The zero-order chi connectivity index (χ0) is 14.2. The van der Waals surface area contributed by atoms with Crippen LogP contribution < -0.4 is 5.73 Å². The van der Waals surface area contributed by atoms with Gasteiger partial charge in [-0.3, -0.25) is 0 Å². The molecule has 0 bridgehead atoms. The molecule has 0 amide bonds. The highest BCUT2D eigenvalue weighted by atomic mass is 15.0. The lowest BCUT2D eigenvalue weighted by Gasteiger charge is -2.39. The Balaban J connectivity index is 1.86.